The van der Waals surface area contributed by atoms with Gasteiger partial charge in [0, 0.05) is 26.2 Å². The van der Waals surface area contributed by atoms with Gasteiger partial charge >= 0.3 is 0 Å². The van der Waals surface area contributed by atoms with Crippen LogP contribution in [-0.4, -0.2) is 14.1 Å². The fraction of sp³-hybridized carbons (Fsp3) is 0.250. The Kier molecular flexibility index (Phi) is 2.47. The van der Waals surface area contributed by atoms with Crippen LogP contribution in [0.3, 0.4) is 0 Å². The molecule has 0 saturated carbocycles. The average Bonchev–Trinajstić information content (AvgIpc) is 2.08. The number of anilines is 2. The second-order valence-corrected chi connectivity index (χ2v) is 2.31. The second-order valence-electron chi connectivity index (χ2n) is 2.31. The van der Waals surface area contributed by atoms with Gasteiger partial charge < -0.3 is 10.6 Å². The highest BCUT2D eigenvalue weighted by Crippen LogP contribution is 2.21. The van der Waals surface area contributed by atoms with Crippen LogP contribution in [0.1, 0.15) is 0 Å². The van der Waals surface area contributed by atoms with Crippen molar-refractivity contribution in [2.24, 2.45) is 0 Å². The van der Waals surface area contributed by atoms with E-state index in [1.807, 2.05) is 0 Å². The van der Waals surface area contributed by atoms with Gasteiger partial charge in [0.2, 0.25) is 0 Å². The molecule has 0 aliphatic rings. The molecule has 0 amide bonds. The number of hydrogen-bond acceptors (Lipinski definition) is 2. The van der Waals surface area contributed by atoms with Crippen molar-refractivity contribution in [1.29, 1.82) is 0 Å². The van der Waals surface area contributed by atoms with Crippen molar-refractivity contribution in [3.05, 3.63) is 23.8 Å². The summed E-state index contributed by atoms with van der Waals surface area (Å²) in [5, 5.41) is 5.09. The summed E-state index contributed by atoms with van der Waals surface area (Å²) in [5.41, 5.74) is 0.318. The van der Waals surface area contributed by atoms with E-state index >= 15 is 0 Å². The van der Waals surface area contributed by atoms with Gasteiger partial charge in [-0.2, -0.15) is 0 Å². The van der Waals surface area contributed by atoms with Crippen molar-refractivity contribution in [3.8, 4) is 0 Å². The first-order chi connectivity index (χ1) is 5.69. The molecule has 0 aromatic heterocycles. The molecule has 1 rings (SSSR count). The van der Waals surface area contributed by atoms with Gasteiger partial charge in [-0.05, 0) is 0 Å². The van der Waals surface area contributed by atoms with Crippen LogP contribution >= 0.6 is 0 Å². The summed E-state index contributed by atoms with van der Waals surface area (Å²) in [6.07, 6.45) is 0. The summed E-state index contributed by atoms with van der Waals surface area (Å²) in [6, 6.07) is 2.22. The first-order valence-corrected chi connectivity index (χ1v) is 3.53. The Bertz CT molecular complexity index is 257. The predicted octanol–water partition coefficient (Wildman–Crippen LogP) is 2.05. The van der Waals surface area contributed by atoms with Crippen LogP contribution in [0.5, 0.6) is 0 Å². The summed E-state index contributed by atoms with van der Waals surface area (Å²) < 4.78 is 25.9. The van der Waals surface area contributed by atoms with Gasteiger partial charge in [0.05, 0.1) is 11.4 Å². The fourth-order valence-electron chi connectivity index (χ4n) is 0.930. The smallest absolute Gasteiger partial charge is 0.148 e. The molecule has 12 heavy (non-hydrogen) atoms. The molecule has 0 atom stereocenters. The summed E-state index contributed by atoms with van der Waals surface area (Å²) in [5.74, 6) is -0.938. The number of benzene rings is 1. The highest BCUT2D eigenvalue weighted by Gasteiger charge is 2.06. The summed E-state index contributed by atoms with van der Waals surface area (Å²) in [7, 11) is 3.08. The zero-order chi connectivity index (χ0) is 9.14. The average molecular weight is 172 g/mol. The third-order valence-electron chi connectivity index (χ3n) is 1.60. The first-order valence-electron chi connectivity index (χ1n) is 3.53. The maximum absolute atomic E-state index is 12.9. The van der Waals surface area contributed by atoms with Crippen LogP contribution in [0.15, 0.2) is 12.1 Å². The van der Waals surface area contributed by atoms with E-state index < -0.39 is 11.6 Å². The zero-order valence-corrected chi connectivity index (χ0v) is 6.91. The molecular weight excluding hydrogens is 162 g/mol. The third kappa shape index (κ3) is 1.47. The molecule has 1 aromatic carbocycles. The van der Waals surface area contributed by atoms with Gasteiger partial charge in [-0.15, -0.1) is 0 Å². The summed E-state index contributed by atoms with van der Waals surface area (Å²) in [4.78, 5) is 0. The summed E-state index contributed by atoms with van der Waals surface area (Å²) >= 11 is 0. The van der Waals surface area contributed by atoms with Crippen molar-refractivity contribution >= 4 is 11.4 Å². The van der Waals surface area contributed by atoms with Gasteiger partial charge in [0.15, 0.2) is 0 Å². The molecule has 0 aliphatic heterocycles. The maximum Gasteiger partial charge on any atom is 0.148 e. The molecule has 0 unspecified atom stereocenters. The largest absolute Gasteiger partial charge is 0.386 e. The monoisotopic (exact) mass is 172 g/mol. The minimum Gasteiger partial charge on any atom is -0.386 e. The third-order valence-corrected chi connectivity index (χ3v) is 1.60. The number of halogens is 2. The van der Waals surface area contributed by atoms with Crippen LogP contribution in [0, 0.1) is 11.6 Å². The topological polar surface area (TPSA) is 24.1 Å². The van der Waals surface area contributed by atoms with Gasteiger partial charge in [0.1, 0.15) is 11.6 Å². The molecule has 0 fully saturated rings. The Morgan fingerprint density at radius 1 is 0.917 bits per heavy atom. The van der Waals surface area contributed by atoms with E-state index in [2.05, 4.69) is 10.6 Å². The molecule has 0 aliphatic carbocycles. The molecule has 66 valence electrons. The van der Waals surface area contributed by atoms with E-state index in [4.69, 9.17) is 0 Å². The molecule has 0 heterocycles. The Labute approximate surface area is 69.6 Å². The van der Waals surface area contributed by atoms with Gasteiger partial charge in [-0.3, -0.25) is 0 Å². The lowest BCUT2D eigenvalue weighted by atomic mass is 10.2. The van der Waals surface area contributed by atoms with Gasteiger partial charge in [-0.1, -0.05) is 0 Å². The standard InChI is InChI=1S/C8H10F2N2/c1-11-7-3-6(10)8(12-2)4-5(7)9/h3-4,11-12H,1-2H3. The number of nitrogens with one attached hydrogen (secondary N) is 2. The fourth-order valence-corrected chi connectivity index (χ4v) is 0.930. The quantitative estimate of drug-likeness (QED) is 0.713. The first kappa shape index (κ1) is 8.77. The molecule has 2 N–H and O–H groups in total. The molecular formula is C8H10F2N2. The normalized spacial score (nSPS) is 9.67. The zero-order valence-electron chi connectivity index (χ0n) is 6.91. The van der Waals surface area contributed by atoms with Crippen molar-refractivity contribution < 1.29 is 8.78 Å². The van der Waals surface area contributed by atoms with Gasteiger partial charge in [0.25, 0.3) is 0 Å². The van der Waals surface area contributed by atoms with Crippen molar-refractivity contribution in [1.82, 2.24) is 0 Å². The lowest BCUT2D eigenvalue weighted by Gasteiger charge is -2.06. The van der Waals surface area contributed by atoms with Crippen LogP contribution in [0.4, 0.5) is 20.2 Å². The van der Waals surface area contributed by atoms with Crippen LogP contribution in [0.25, 0.3) is 0 Å². The molecule has 0 saturated heterocycles. The molecule has 0 bridgehead atoms. The summed E-state index contributed by atoms with van der Waals surface area (Å²) in [6.45, 7) is 0. The minimum absolute atomic E-state index is 0.159. The lowest BCUT2D eigenvalue weighted by Crippen LogP contribution is -1.98. The van der Waals surface area contributed by atoms with E-state index in [0.717, 1.165) is 12.1 Å². The van der Waals surface area contributed by atoms with E-state index in [0.29, 0.717) is 0 Å². The van der Waals surface area contributed by atoms with Crippen molar-refractivity contribution in [2.45, 2.75) is 0 Å². The maximum atomic E-state index is 12.9. The molecule has 0 radical (unpaired) electrons. The second kappa shape index (κ2) is 3.38. The highest BCUT2D eigenvalue weighted by atomic mass is 19.1. The Morgan fingerprint density at radius 2 is 1.25 bits per heavy atom. The van der Waals surface area contributed by atoms with Crippen LogP contribution in [-0.2, 0) is 0 Å². The number of rotatable bonds is 2. The Balaban J connectivity index is 3.16. The van der Waals surface area contributed by atoms with E-state index in [9.17, 15) is 8.78 Å². The predicted molar refractivity (Wildman–Crippen MR) is 45.5 cm³/mol. The van der Waals surface area contributed by atoms with E-state index in [1.165, 1.54) is 14.1 Å². The lowest BCUT2D eigenvalue weighted by molar-refractivity contribution is 0.606. The Hall–Kier alpha value is -1.32. The highest BCUT2D eigenvalue weighted by molar-refractivity contribution is 5.55. The minimum atomic E-state index is -0.469. The van der Waals surface area contributed by atoms with Gasteiger partial charge in [-0.25, -0.2) is 8.78 Å². The number of hydrogen-bond donors (Lipinski definition) is 2. The van der Waals surface area contributed by atoms with Crippen LogP contribution < -0.4 is 10.6 Å². The molecule has 4 heteroatoms. The molecule has 1 aromatic rings. The van der Waals surface area contributed by atoms with E-state index in [1.54, 1.807) is 0 Å². The SMILES string of the molecule is CNc1cc(F)c(NC)cc1F. The molecule has 0 spiro atoms. The Morgan fingerprint density at radius 3 is 1.50 bits per heavy atom. The van der Waals surface area contributed by atoms with E-state index in [-0.39, 0.29) is 11.4 Å². The molecule has 2 nitrogen and oxygen atoms in total. The van der Waals surface area contributed by atoms with Crippen molar-refractivity contribution in [3.63, 3.8) is 0 Å². The van der Waals surface area contributed by atoms with Crippen molar-refractivity contribution in [2.75, 3.05) is 24.7 Å². The van der Waals surface area contributed by atoms with Crippen LogP contribution in [0.2, 0.25) is 0 Å².